The Labute approximate surface area is 102 Å². The molecule has 4 heteroatoms. The number of nitrogens with zero attached hydrogens (tertiary/aromatic N) is 1. The summed E-state index contributed by atoms with van der Waals surface area (Å²) in [6, 6.07) is 0. The predicted molar refractivity (Wildman–Crippen MR) is 71.3 cm³/mol. The first kappa shape index (κ1) is 11.3. The quantitative estimate of drug-likeness (QED) is 0.446. The predicted octanol–water partition coefficient (Wildman–Crippen LogP) is 1.98. The second kappa shape index (κ2) is 4.78. The lowest BCUT2D eigenvalue weighted by molar-refractivity contribution is 0.444. The molecule has 2 atom stereocenters. The average molecular weight is 235 g/mol. The minimum Gasteiger partial charge on any atom is -0.358 e. The molecule has 0 aliphatic heterocycles. The smallest absolute Gasteiger partial charge is 0.187 e. The molecule has 0 amide bonds. The highest BCUT2D eigenvalue weighted by Gasteiger charge is 2.37. The van der Waals surface area contributed by atoms with E-state index in [4.69, 9.17) is 12.2 Å². The Bertz CT molecular complexity index is 370. The lowest BCUT2D eigenvalue weighted by atomic mass is 9.74. The minimum atomic E-state index is 0.566. The first-order chi connectivity index (χ1) is 7.66. The fourth-order valence-electron chi connectivity index (χ4n) is 2.05. The van der Waals surface area contributed by atoms with Gasteiger partial charge in [-0.1, -0.05) is 24.3 Å². The van der Waals surface area contributed by atoms with Gasteiger partial charge in [0.2, 0.25) is 0 Å². The van der Waals surface area contributed by atoms with Gasteiger partial charge in [-0.05, 0) is 37.9 Å². The summed E-state index contributed by atoms with van der Waals surface area (Å²) in [5.74, 6) is 1.37. The van der Waals surface area contributed by atoms with Crippen molar-refractivity contribution in [1.29, 1.82) is 0 Å². The Balaban J connectivity index is 1.74. The van der Waals surface area contributed by atoms with Crippen LogP contribution < -0.4 is 10.7 Å². The molecule has 16 heavy (non-hydrogen) atoms. The number of hydrogen-bond acceptors (Lipinski definition) is 2. The normalized spacial score (nSPS) is 28.4. The maximum Gasteiger partial charge on any atom is 0.187 e. The number of fused-ring (bicyclic) bond motifs is 1. The van der Waals surface area contributed by atoms with E-state index in [1.54, 1.807) is 0 Å². The van der Waals surface area contributed by atoms with Crippen LogP contribution in [0.25, 0.3) is 0 Å². The minimum absolute atomic E-state index is 0.566. The number of rotatable bonds is 3. The van der Waals surface area contributed by atoms with Crippen molar-refractivity contribution in [3.63, 3.8) is 0 Å². The molecule has 2 N–H and O–H groups in total. The zero-order chi connectivity index (χ0) is 11.5. The molecule has 2 aliphatic carbocycles. The maximum atomic E-state index is 5.09. The van der Waals surface area contributed by atoms with E-state index < -0.39 is 0 Å². The molecule has 86 valence electrons. The van der Waals surface area contributed by atoms with E-state index in [1.807, 2.05) is 6.92 Å². The van der Waals surface area contributed by atoms with Crippen LogP contribution in [0.2, 0.25) is 0 Å². The highest BCUT2D eigenvalue weighted by atomic mass is 32.1. The van der Waals surface area contributed by atoms with E-state index in [0.717, 1.165) is 17.9 Å². The van der Waals surface area contributed by atoms with Gasteiger partial charge in [-0.15, -0.1) is 0 Å². The van der Waals surface area contributed by atoms with Crippen LogP contribution in [0.15, 0.2) is 29.4 Å². The molecule has 0 radical (unpaired) electrons. The summed E-state index contributed by atoms with van der Waals surface area (Å²) in [6.45, 7) is 6.46. The Morgan fingerprint density at radius 1 is 1.69 bits per heavy atom. The first-order valence-corrected chi connectivity index (χ1v) is 5.99. The summed E-state index contributed by atoms with van der Waals surface area (Å²) in [4.78, 5) is 0. The molecule has 2 aliphatic rings. The zero-order valence-corrected chi connectivity index (χ0v) is 10.3. The number of nitrogens with one attached hydrogen (secondary N) is 2. The third-order valence-electron chi connectivity index (χ3n) is 3.00. The molecule has 0 aromatic carbocycles. The third kappa shape index (κ3) is 2.50. The molecule has 1 fully saturated rings. The summed E-state index contributed by atoms with van der Waals surface area (Å²) in [5, 5.41) is 7.94. The molecular weight excluding hydrogens is 218 g/mol. The second-order valence-corrected chi connectivity index (χ2v) is 4.92. The summed E-state index contributed by atoms with van der Waals surface area (Å²) in [7, 11) is 0. The standard InChI is InChI=1S/C12H17N3S/c1-8(2)7-13-12(16)15-14-11-6-9-4-3-5-10(9)11/h3,5,9-10H,1,4,6-7H2,2H3,(H2,13,15,16)/b14-11-/t9-,10-/m0/s1. The molecule has 1 saturated carbocycles. The molecule has 0 aromatic heterocycles. The zero-order valence-electron chi connectivity index (χ0n) is 9.49. The van der Waals surface area contributed by atoms with Crippen molar-refractivity contribution in [3.8, 4) is 0 Å². The Morgan fingerprint density at radius 3 is 3.19 bits per heavy atom. The van der Waals surface area contributed by atoms with Gasteiger partial charge in [-0.3, -0.25) is 5.43 Å². The van der Waals surface area contributed by atoms with E-state index in [0.29, 0.717) is 17.6 Å². The number of hydrazone groups is 1. The average Bonchev–Trinajstić information content (AvgIpc) is 2.57. The van der Waals surface area contributed by atoms with Crippen molar-refractivity contribution in [2.75, 3.05) is 6.54 Å². The van der Waals surface area contributed by atoms with Gasteiger partial charge in [-0.2, -0.15) is 5.10 Å². The summed E-state index contributed by atoms with van der Waals surface area (Å²) in [6.07, 6.45) is 6.81. The molecule has 2 rings (SSSR count). The Morgan fingerprint density at radius 2 is 2.50 bits per heavy atom. The third-order valence-corrected chi connectivity index (χ3v) is 3.23. The fourth-order valence-corrected chi connectivity index (χ4v) is 2.17. The van der Waals surface area contributed by atoms with Crippen LogP contribution in [0.4, 0.5) is 0 Å². The van der Waals surface area contributed by atoms with Gasteiger partial charge in [0.1, 0.15) is 0 Å². The molecule has 0 bridgehead atoms. The van der Waals surface area contributed by atoms with Crippen LogP contribution in [0.3, 0.4) is 0 Å². The maximum absolute atomic E-state index is 5.09. The summed E-state index contributed by atoms with van der Waals surface area (Å²) >= 11 is 5.09. The number of hydrogen-bond donors (Lipinski definition) is 2. The van der Waals surface area contributed by atoms with Crippen molar-refractivity contribution in [1.82, 2.24) is 10.7 Å². The fraction of sp³-hybridized carbons (Fsp3) is 0.500. The van der Waals surface area contributed by atoms with Crippen LogP contribution in [0, 0.1) is 11.8 Å². The molecule has 0 heterocycles. The monoisotopic (exact) mass is 235 g/mol. The summed E-state index contributed by atoms with van der Waals surface area (Å²) in [5.41, 5.74) is 5.16. The second-order valence-electron chi connectivity index (χ2n) is 4.51. The summed E-state index contributed by atoms with van der Waals surface area (Å²) < 4.78 is 0. The van der Waals surface area contributed by atoms with Gasteiger partial charge in [0.05, 0.1) is 0 Å². The number of thiocarbonyl (C=S) groups is 1. The van der Waals surface area contributed by atoms with Crippen LogP contribution in [0.1, 0.15) is 19.8 Å². The molecular formula is C12H17N3S. The van der Waals surface area contributed by atoms with Gasteiger partial charge < -0.3 is 5.32 Å². The van der Waals surface area contributed by atoms with Gasteiger partial charge in [0.25, 0.3) is 0 Å². The number of allylic oxidation sites excluding steroid dienone is 2. The van der Waals surface area contributed by atoms with E-state index in [-0.39, 0.29) is 0 Å². The Hall–Kier alpha value is -1.16. The SMILES string of the molecule is C=C(C)CNC(=S)N/N=C1/C[C@@H]2CC=C[C@H]12. The molecule has 0 spiro atoms. The molecule has 0 unspecified atom stereocenters. The van der Waals surface area contributed by atoms with E-state index in [2.05, 4.69) is 34.6 Å². The largest absolute Gasteiger partial charge is 0.358 e. The van der Waals surface area contributed by atoms with Gasteiger partial charge in [0.15, 0.2) is 5.11 Å². The highest BCUT2D eigenvalue weighted by Crippen LogP contribution is 2.39. The molecule has 0 aromatic rings. The van der Waals surface area contributed by atoms with Crippen molar-refractivity contribution < 1.29 is 0 Å². The lowest BCUT2D eigenvalue weighted by Crippen LogP contribution is -2.38. The first-order valence-electron chi connectivity index (χ1n) is 5.58. The van der Waals surface area contributed by atoms with Gasteiger partial charge in [0, 0.05) is 18.2 Å². The molecule has 3 nitrogen and oxygen atoms in total. The highest BCUT2D eigenvalue weighted by molar-refractivity contribution is 7.80. The lowest BCUT2D eigenvalue weighted by Gasteiger charge is -2.31. The van der Waals surface area contributed by atoms with Crippen LogP contribution in [0.5, 0.6) is 0 Å². The topological polar surface area (TPSA) is 36.4 Å². The van der Waals surface area contributed by atoms with E-state index >= 15 is 0 Å². The van der Waals surface area contributed by atoms with Gasteiger partial charge >= 0.3 is 0 Å². The van der Waals surface area contributed by atoms with Crippen molar-refractivity contribution in [2.45, 2.75) is 19.8 Å². The van der Waals surface area contributed by atoms with E-state index in [9.17, 15) is 0 Å². The van der Waals surface area contributed by atoms with Crippen molar-refractivity contribution in [2.24, 2.45) is 16.9 Å². The van der Waals surface area contributed by atoms with Crippen LogP contribution in [-0.4, -0.2) is 17.4 Å². The Kier molecular flexibility index (Phi) is 3.39. The van der Waals surface area contributed by atoms with Crippen molar-refractivity contribution >= 4 is 23.0 Å². The van der Waals surface area contributed by atoms with Crippen molar-refractivity contribution in [3.05, 3.63) is 24.3 Å². The van der Waals surface area contributed by atoms with E-state index in [1.165, 1.54) is 12.1 Å². The van der Waals surface area contributed by atoms with Gasteiger partial charge in [-0.25, -0.2) is 0 Å². The molecule has 0 saturated heterocycles. The van der Waals surface area contributed by atoms with Crippen LogP contribution >= 0.6 is 12.2 Å². The van der Waals surface area contributed by atoms with Crippen LogP contribution in [-0.2, 0) is 0 Å².